The van der Waals surface area contributed by atoms with E-state index in [0.717, 1.165) is 6.26 Å². The van der Waals surface area contributed by atoms with Crippen LogP contribution in [0.15, 0.2) is 23.1 Å². The van der Waals surface area contributed by atoms with E-state index in [0.29, 0.717) is 18.5 Å². The lowest BCUT2D eigenvalue weighted by Crippen LogP contribution is -2.36. The molecule has 0 spiro atoms. The van der Waals surface area contributed by atoms with Crippen LogP contribution in [-0.2, 0) is 14.6 Å². The standard InChI is InChI=1S/C14H19NO5S/c1-4-7-15(9-13(16)17)14(18)12-8-11(21(3,19)20)6-5-10(12)2/h5-6,8H,4,7,9H2,1-3H3,(H,16,17). The van der Waals surface area contributed by atoms with Crippen LogP contribution in [0, 0.1) is 6.92 Å². The monoisotopic (exact) mass is 313 g/mol. The lowest BCUT2D eigenvalue weighted by Gasteiger charge is -2.21. The molecule has 116 valence electrons. The van der Waals surface area contributed by atoms with Gasteiger partial charge in [-0.15, -0.1) is 0 Å². The Hall–Kier alpha value is -1.89. The molecule has 0 saturated carbocycles. The SMILES string of the molecule is CCCN(CC(=O)O)C(=O)c1cc(S(C)(=O)=O)ccc1C. The van der Waals surface area contributed by atoms with E-state index in [4.69, 9.17) is 5.11 Å². The number of benzene rings is 1. The van der Waals surface area contributed by atoms with E-state index in [2.05, 4.69) is 0 Å². The fourth-order valence-electron chi connectivity index (χ4n) is 1.92. The van der Waals surface area contributed by atoms with Gasteiger partial charge in [-0.2, -0.15) is 0 Å². The summed E-state index contributed by atoms with van der Waals surface area (Å²) in [5.74, 6) is -1.57. The summed E-state index contributed by atoms with van der Waals surface area (Å²) in [5, 5.41) is 8.87. The molecule has 0 saturated heterocycles. The van der Waals surface area contributed by atoms with Crippen molar-refractivity contribution in [3.63, 3.8) is 0 Å². The molecular formula is C14H19NO5S. The third-order valence-electron chi connectivity index (χ3n) is 2.97. The number of sulfone groups is 1. The van der Waals surface area contributed by atoms with Crippen LogP contribution in [0.4, 0.5) is 0 Å². The number of aryl methyl sites for hydroxylation is 1. The van der Waals surface area contributed by atoms with Crippen LogP contribution in [0.3, 0.4) is 0 Å². The predicted octanol–water partition coefficient (Wildman–Crippen LogP) is 1.34. The van der Waals surface area contributed by atoms with E-state index in [-0.39, 0.29) is 10.5 Å². The number of carbonyl (C=O) groups excluding carboxylic acids is 1. The molecule has 0 aliphatic rings. The van der Waals surface area contributed by atoms with E-state index < -0.39 is 28.3 Å². The van der Waals surface area contributed by atoms with Gasteiger partial charge < -0.3 is 10.0 Å². The van der Waals surface area contributed by atoms with E-state index in [1.807, 2.05) is 6.92 Å². The molecule has 0 atom stereocenters. The lowest BCUT2D eigenvalue weighted by atomic mass is 10.1. The molecule has 0 fully saturated rings. The van der Waals surface area contributed by atoms with Gasteiger partial charge in [0, 0.05) is 18.4 Å². The van der Waals surface area contributed by atoms with Gasteiger partial charge in [-0.1, -0.05) is 13.0 Å². The van der Waals surface area contributed by atoms with Crippen LogP contribution < -0.4 is 0 Å². The molecule has 0 aliphatic heterocycles. The normalized spacial score (nSPS) is 11.2. The summed E-state index contributed by atoms with van der Waals surface area (Å²) >= 11 is 0. The molecule has 0 bridgehead atoms. The average molecular weight is 313 g/mol. The highest BCUT2D eigenvalue weighted by atomic mass is 32.2. The van der Waals surface area contributed by atoms with E-state index in [1.54, 1.807) is 13.0 Å². The summed E-state index contributed by atoms with van der Waals surface area (Å²) < 4.78 is 23.1. The molecule has 0 heterocycles. The Labute approximate surface area is 124 Å². The van der Waals surface area contributed by atoms with Gasteiger partial charge in [0.1, 0.15) is 6.54 Å². The van der Waals surface area contributed by atoms with Gasteiger partial charge >= 0.3 is 5.97 Å². The molecule has 0 unspecified atom stereocenters. The van der Waals surface area contributed by atoms with Crippen LogP contribution in [0.25, 0.3) is 0 Å². The minimum absolute atomic E-state index is 0.0447. The first-order valence-electron chi connectivity index (χ1n) is 6.48. The van der Waals surface area contributed by atoms with Crippen LogP contribution in [0.1, 0.15) is 29.3 Å². The highest BCUT2D eigenvalue weighted by Gasteiger charge is 2.21. The number of nitrogens with zero attached hydrogens (tertiary/aromatic N) is 1. The zero-order valence-corrected chi connectivity index (χ0v) is 13.1. The van der Waals surface area contributed by atoms with E-state index >= 15 is 0 Å². The van der Waals surface area contributed by atoms with Gasteiger partial charge in [0.2, 0.25) is 0 Å². The molecule has 0 aromatic heterocycles. The second-order valence-corrected chi connectivity index (χ2v) is 6.89. The van der Waals surface area contributed by atoms with Crippen LogP contribution in [-0.4, -0.2) is 49.6 Å². The maximum absolute atomic E-state index is 12.4. The summed E-state index contributed by atoms with van der Waals surface area (Å²) in [5.41, 5.74) is 0.825. The maximum atomic E-state index is 12.4. The second kappa shape index (κ2) is 6.71. The lowest BCUT2D eigenvalue weighted by molar-refractivity contribution is -0.137. The quantitative estimate of drug-likeness (QED) is 0.855. The number of carboxylic acids is 1. The highest BCUT2D eigenvalue weighted by Crippen LogP contribution is 2.17. The first-order chi connectivity index (χ1) is 9.66. The molecule has 6 nitrogen and oxygen atoms in total. The molecule has 1 N–H and O–H groups in total. The molecule has 1 rings (SSSR count). The Morgan fingerprint density at radius 1 is 1.29 bits per heavy atom. The van der Waals surface area contributed by atoms with Gasteiger partial charge in [0.15, 0.2) is 9.84 Å². The molecule has 0 aliphatic carbocycles. The minimum Gasteiger partial charge on any atom is -0.480 e. The number of carbonyl (C=O) groups is 2. The summed E-state index contributed by atoms with van der Waals surface area (Å²) in [6, 6.07) is 4.29. The zero-order valence-electron chi connectivity index (χ0n) is 12.3. The van der Waals surface area contributed by atoms with Crippen molar-refractivity contribution in [3.8, 4) is 0 Å². The molecule has 0 radical (unpaired) electrons. The van der Waals surface area contributed by atoms with Crippen LogP contribution in [0.5, 0.6) is 0 Å². The van der Waals surface area contributed by atoms with Gasteiger partial charge in [-0.3, -0.25) is 9.59 Å². The van der Waals surface area contributed by atoms with Crippen molar-refractivity contribution in [1.29, 1.82) is 0 Å². The molecule has 1 amide bonds. The molecule has 1 aromatic carbocycles. The molecule has 21 heavy (non-hydrogen) atoms. The van der Waals surface area contributed by atoms with Crippen molar-refractivity contribution in [3.05, 3.63) is 29.3 Å². The number of hydrogen-bond donors (Lipinski definition) is 1. The van der Waals surface area contributed by atoms with Crippen molar-refractivity contribution in [1.82, 2.24) is 4.90 Å². The van der Waals surface area contributed by atoms with Gasteiger partial charge in [0.25, 0.3) is 5.91 Å². The largest absolute Gasteiger partial charge is 0.480 e. The Morgan fingerprint density at radius 2 is 1.90 bits per heavy atom. The Morgan fingerprint density at radius 3 is 2.38 bits per heavy atom. The summed E-state index contributed by atoms with van der Waals surface area (Å²) in [6.45, 7) is 3.41. The summed E-state index contributed by atoms with van der Waals surface area (Å²) in [7, 11) is -3.42. The van der Waals surface area contributed by atoms with Crippen molar-refractivity contribution in [2.24, 2.45) is 0 Å². The molecule has 7 heteroatoms. The summed E-state index contributed by atoms with van der Waals surface area (Å²) in [6.07, 6.45) is 1.68. The molecule has 1 aromatic rings. The summed E-state index contributed by atoms with van der Waals surface area (Å²) in [4.78, 5) is 24.5. The van der Waals surface area contributed by atoms with Crippen LogP contribution >= 0.6 is 0 Å². The number of hydrogen-bond acceptors (Lipinski definition) is 4. The van der Waals surface area contributed by atoms with Crippen molar-refractivity contribution in [2.75, 3.05) is 19.3 Å². The maximum Gasteiger partial charge on any atom is 0.323 e. The first-order valence-corrected chi connectivity index (χ1v) is 8.37. The molecular weight excluding hydrogens is 294 g/mol. The Balaban J connectivity index is 3.23. The fourth-order valence-corrected chi connectivity index (χ4v) is 2.57. The van der Waals surface area contributed by atoms with Gasteiger partial charge in [0.05, 0.1) is 4.90 Å². The third-order valence-corrected chi connectivity index (χ3v) is 4.08. The van der Waals surface area contributed by atoms with Crippen molar-refractivity contribution < 1.29 is 23.1 Å². The van der Waals surface area contributed by atoms with E-state index in [9.17, 15) is 18.0 Å². The Kier molecular flexibility index (Phi) is 5.48. The van der Waals surface area contributed by atoms with Crippen molar-refractivity contribution in [2.45, 2.75) is 25.2 Å². The van der Waals surface area contributed by atoms with Crippen LogP contribution in [0.2, 0.25) is 0 Å². The van der Waals surface area contributed by atoms with Gasteiger partial charge in [-0.25, -0.2) is 8.42 Å². The van der Waals surface area contributed by atoms with Crippen molar-refractivity contribution >= 4 is 21.7 Å². The fraction of sp³-hybridized carbons (Fsp3) is 0.429. The van der Waals surface area contributed by atoms with Gasteiger partial charge in [-0.05, 0) is 31.0 Å². The topological polar surface area (TPSA) is 91.8 Å². The van der Waals surface area contributed by atoms with E-state index in [1.165, 1.54) is 17.0 Å². The Bertz CT molecular complexity index is 651. The average Bonchev–Trinajstić information content (AvgIpc) is 2.36. The third kappa shape index (κ3) is 4.56. The number of rotatable bonds is 6. The number of amides is 1. The second-order valence-electron chi connectivity index (χ2n) is 4.87. The minimum atomic E-state index is -3.42. The number of carboxylic acid groups (broad SMARTS) is 1. The zero-order chi connectivity index (χ0) is 16.2. The smallest absolute Gasteiger partial charge is 0.323 e. The predicted molar refractivity (Wildman–Crippen MR) is 78.1 cm³/mol. The number of aliphatic carboxylic acids is 1. The first kappa shape index (κ1) is 17.2. The highest BCUT2D eigenvalue weighted by molar-refractivity contribution is 7.90.